The van der Waals surface area contributed by atoms with Crippen molar-refractivity contribution in [1.29, 1.82) is 0 Å². The number of amides is 1. The summed E-state index contributed by atoms with van der Waals surface area (Å²) >= 11 is 0. The smallest absolute Gasteiger partial charge is 0.359 e. The van der Waals surface area contributed by atoms with E-state index >= 15 is 0 Å². The summed E-state index contributed by atoms with van der Waals surface area (Å²) in [4.78, 5) is 25.1. The molecule has 0 saturated heterocycles. The second kappa shape index (κ2) is 9.36. The molecule has 0 aliphatic carbocycles. The first-order chi connectivity index (χ1) is 13.7. The Hall–Kier alpha value is -3.61. The Morgan fingerprint density at radius 2 is 1.68 bits per heavy atom. The van der Waals surface area contributed by atoms with Crippen molar-refractivity contribution in [3.8, 4) is 0 Å². The zero-order chi connectivity index (χ0) is 19.8. The van der Waals surface area contributed by atoms with Gasteiger partial charge in [-0.3, -0.25) is 10.2 Å². The van der Waals surface area contributed by atoms with E-state index in [4.69, 9.17) is 9.47 Å². The van der Waals surface area contributed by atoms with Crippen molar-refractivity contribution in [2.75, 3.05) is 24.0 Å². The highest BCUT2D eigenvalue weighted by atomic mass is 16.5. The highest BCUT2D eigenvalue weighted by Gasteiger charge is 2.31. The number of hydrogen-bond acceptors (Lipinski definition) is 6. The maximum absolute atomic E-state index is 12.7. The van der Waals surface area contributed by atoms with Gasteiger partial charge in [0.1, 0.15) is 0 Å². The van der Waals surface area contributed by atoms with Crippen molar-refractivity contribution >= 4 is 29.0 Å². The minimum absolute atomic E-state index is 0.0291. The fourth-order valence-electron chi connectivity index (χ4n) is 2.66. The fourth-order valence-corrected chi connectivity index (χ4v) is 2.66. The largest absolute Gasteiger partial charge is 0.487 e. The molecule has 0 saturated carbocycles. The third kappa shape index (κ3) is 4.76. The van der Waals surface area contributed by atoms with Crippen LogP contribution in [-0.4, -0.2) is 30.8 Å². The lowest BCUT2D eigenvalue weighted by Gasteiger charge is -2.10. The van der Waals surface area contributed by atoms with Gasteiger partial charge in [0.05, 0.1) is 18.9 Å². The van der Waals surface area contributed by atoms with Gasteiger partial charge < -0.3 is 14.8 Å². The highest BCUT2D eigenvalue weighted by molar-refractivity contribution is 6.44. The summed E-state index contributed by atoms with van der Waals surface area (Å²) < 4.78 is 10.6. The summed E-state index contributed by atoms with van der Waals surface area (Å²) in [5.41, 5.74) is 4.62. The molecule has 1 aliphatic rings. The number of carbonyl (C=O) groups excluding carboxylic acids is 2. The molecule has 7 nitrogen and oxygen atoms in total. The topological polar surface area (TPSA) is 89.0 Å². The summed E-state index contributed by atoms with van der Waals surface area (Å²) in [6.45, 7) is 2.20. The molecule has 0 atom stereocenters. The van der Waals surface area contributed by atoms with Gasteiger partial charge >= 0.3 is 5.97 Å². The standard InChI is InChI=1S/C21H21N3O4/c1-2-27-21(26)18(24-23-16-11-7-4-8-12-16)17-13-14-28-19(17)20(25)22-15-9-5-3-6-10-15/h3-12,23H,2,13-14H2,1H3,(H,22,25)/b24-18-. The molecule has 0 radical (unpaired) electrons. The lowest BCUT2D eigenvalue weighted by atomic mass is 10.1. The lowest BCUT2D eigenvalue weighted by Crippen LogP contribution is -2.24. The molecule has 1 heterocycles. The Kier molecular flexibility index (Phi) is 6.41. The molecule has 2 aromatic carbocycles. The van der Waals surface area contributed by atoms with Crippen LogP contribution in [0.2, 0.25) is 0 Å². The number of nitrogens with zero attached hydrogens (tertiary/aromatic N) is 1. The summed E-state index contributed by atoms with van der Waals surface area (Å²) in [6.07, 6.45) is 0.381. The van der Waals surface area contributed by atoms with Gasteiger partial charge in [-0.2, -0.15) is 5.10 Å². The maximum atomic E-state index is 12.7. The predicted octanol–water partition coefficient (Wildman–Crippen LogP) is 3.33. The van der Waals surface area contributed by atoms with Crippen LogP contribution in [0.15, 0.2) is 77.1 Å². The van der Waals surface area contributed by atoms with Crippen LogP contribution in [0.4, 0.5) is 11.4 Å². The fraction of sp³-hybridized carbons (Fsp3) is 0.190. The predicted molar refractivity (Wildman–Crippen MR) is 107 cm³/mol. The molecular weight excluding hydrogens is 358 g/mol. The van der Waals surface area contributed by atoms with Gasteiger partial charge in [0.2, 0.25) is 0 Å². The van der Waals surface area contributed by atoms with Crippen LogP contribution in [0.3, 0.4) is 0 Å². The quantitative estimate of drug-likeness (QED) is 0.438. The van der Waals surface area contributed by atoms with E-state index in [1.165, 1.54) is 0 Å². The lowest BCUT2D eigenvalue weighted by molar-refractivity contribution is -0.135. The second-order valence-corrected chi connectivity index (χ2v) is 5.88. The van der Waals surface area contributed by atoms with Crippen molar-refractivity contribution in [2.24, 2.45) is 5.10 Å². The molecule has 0 fully saturated rings. The third-order valence-electron chi connectivity index (χ3n) is 3.94. The average Bonchev–Trinajstić information content (AvgIpc) is 3.20. The van der Waals surface area contributed by atoms with E-state index < -0.39 is 11.9 Å². The number of esters is 1. The molecule has 28 heavy (non-hydrogen) atoms. The number of anilines is 2. The molecule has 1 amide bonds. The first kappa shape index (κ1) is 19.2. The van der Waals surface area contributed by atoms with Crippen molar-refractivity contribution in [1.82, 2.24) is 0 Å². The highest BCUT2D eigenvalue weighted by Crippen LogP contribution is 2.23. The molecule has 1 aliphatic heterocycles. The molecule has 0 spiro atoms. The molecule has 7 heteroatoms. The van der Waals surface area contributed by atoms with Gasteiger partial charge in [-0.25, -0.2) is 4.79 Å². The normalized spacial score (nSPS) is 13.7. The molecule has 0 aromatic heterocycles. The number of nitrogens with one attached hydrogen (secondary N) is 2. The van der Waals surface area contributed by atoms with Gasteiger partial charge in [0.15, 0.2) is 11.5 Å². The van der Waals surface area contributed by atoms with Crippen molar-refractivity contribution in [3.05, 3.63) is 72.0 Å². The number of hydrazone groups is 1. The van der Waals surface area contributed by atoms with Crippen LogP contribution < -0.4 is 10.7 Å². The first-order valence-electron chi connectivity index (χ1n) is 8.97. The van der Waals surface area contributed by atoms with Crippen molar-refractivity contribution in [3.63, 3.8) is 0 Å². The Morgan fingerprint density at radius 1 is 1.04 bits per heavy atom. The van der Waals surface area contributed by atoms with E-state index in [1.54, 1.807) is 19.1 Å². The van der Waals surface area contributed by atoms with Crippen LogP contribution in [-0.2, 0) is 19.1 Å². The Labute approximate surface area is 163 Å². The van der Waals surface area contributed by atoms with Crippen LogP contribution >= 0.6 is 0 Å². The van der Waals surface area contributed by atoms with Crippen LogP contribution in [0.1, 0.15) is 13.3 Å². The molecule has 144 valence electrons. The van der Waals surface area contributed by atoms with Gasteiger partial charge in [0, 0.05) is 17.7 Å². The summed E-state index contributed by atoms with van der Waals surface area (Å²) in [5.74, 6) is -0.975. The van der Waals surface area contributed by atoms with Crippen molar-refractivity contribution in [2.45, 2.75) is 13.3 Å². The van der Waals surface area contributed by atoms with Crippen LogP contribution in [0, 0.1) is 0 Å². The zero-order valence-corrected chi connectivity index (χ0v) is 15.5. The second-order valence-electron chi connectivity index (χ2n) is 5.88. The van der Waals surface area contributed by atoms with Gasteiger partial charge in [-0.05, 0) is 31.2 Å². The maximum Gasteiger partial charge on any atom is 0.359 e. The summed E-state index contributed by atoms with van der Waals surface area (Å²) in [6, 6.07) is 18.2. The molecule has 0 bridgehead atoms. The van der Waals surface area contributed by atoms with E-state index in [1.807, 2.05) is 48.5 Å². The SMILES string of the molecule is CCOC(=O)/C(=N\Nc1ccccc1)C1=C(C(=O)Nc2ccccc2)OCC1. The molecule has 3 rings (SSSR count). The van der Waals surface area contributed by atoms with Gasteiger partial charge in [-0.1, -0.05) is 36.4 Å². The van der Waals surface area contributed by atoms with E-state index in [9.17, 15) is 9.59 Å². The summed E-state index contributed by atoms with van der Waals surface area (Å²) in [7, 11) is 0. The van der Waals surface area contributed by atoms with Gasteiger partial charge in [-0.15, -0.1) is 0 Å². The molecular formula is C21H21N3O4. The van der Waals surface area contributed by atoms with Gasteiger partial charge in [0.25, 0.3) is 5.91 Å². The number of ether oxygens (including phenoxy) is 2. The Bertz CT molecular complexity index is 892. The van der Waals surface area contributed by atoms with Crippen LogP contribution in [0.25, 0.3) is 0 Å². The number of hydrogen-bond donors (Lipinski definition) is 2. The summed E-state index contributed by atoms with van der Waals surface area (Å²) in [5, 5.41) is 6.97. The molecule has 2 N–H and O–H groups in total. The third-order valence-corrected chi connectivity index (χ3v) is 3.94. The van der Waals surface area contributed by atoms with Crippen LogP contribution in [0.5, 0.6) is 0 Å². The molecule has 2 aromatic rings. The van der Waals surface area contributed by atoms with E-state index in [2.05, 4.69) is 15.8 Å². The minimum atomic E-state index is -0.614. The monoisotopic (exact) mass is 379 g/mol. The number of para-hydroxylation sites is 2. The number of carbonyl (C=O) groups is 2. The van der Waals surface area contributed by atoms with E-state index in [0.717, 1.165) is 0 Å². The Morgan fingerprint density at radius 3 is 2.32 bits per heavy atom. The average molecular weight is 379 g/mol. The molecule has 0 unspecified atom stereocenters. The number of rotatable bonds is 7. The van der Waals surface area contributed by atoms with E-state index in [-0.39, 0.29) is 24.7 Å². The van der Waals surface area contributed by atoms with E-state index in [0.29, 0.717) is 23.4 Å². The van der Waals surface area contributed by atoms with Crippen molar-refractivity contribution < 1.29 is 19.1 Å². The Balaban J connectivity index is 1.88. The zero-order valence-electron chi connectivity index (χ0n) is 15.5. The number of benzene rings is 2. The first-order valence-corrected chi connectivity index (χ1v) is 8.97. The minimum Gasteiger partial charge on any atom is -0.487 e.